The van der Waals surface area contributed by atoms with Gasteiger partial charge < -0.3 is 0 Å². The third kappa shape index (κ3) is 3.53. The Bertz CT molecular complexity index is 930. The summed E-state index contributed by atoms with van der Waals surface area (Å²) in [5, 5.41) is 0. The Kier molecular flexibility index (Phi) is 4.27. The molecule has 0 bridgehead atoms. The Morgan fingerprint density at radius 1 is 0.875 bits per heavy atom. The lowest BCUT2D eigenvalue weighted by Gasteiger charge is -2.16. The first-order chi connectivity index (χ1) is 11.2. The maximum absolute atomic E-state index is 12.4. The number of hydrogen-bond acceptors (Lipinski definition) is 4. The Balaban J connectivity index is 1.75. The fourth-order valence-electron chi connectivity index (χ4n) is 2.69. The van der Waals surface area contributed by atoms with Crippen molar-refractivity contribution in [2.24, 2.45) is 0 Å². The maximum atomic E-state index is 12.4. The van der Waals surface area contributed by atoms with E-state index >= 15 is 0 Å². The van der Waals surface area contributed by atoms with Crippen LogP contribution in [-0.2, 0) is 25.3 Å². The Hall–Kier alpha value is -1.70. The van der Waals surface area contributed by atoms with Crippen LogP contribution in [0, 0.1) is 0 Å². The molecule has 0 radical (unpaired) electrons. The van der Waals surface area contributed by atoms with E-state index in [0.29, 0.717) is 6.54 Å². The number of rotatable bonds is 6. The molecule has 0 aromatic heterocycles. The fraction of sp³-hybridized carbons (Fsp3) is 0.294. The standard InChI is InChI=1S/C17H19NO4S2/c1-23(19,20)15-7-9-16(10-8-15)24(21,22)18-13-17(11-12-17)14-5-3-2-4-6-14/h2-10,18H,11-13H2,1H3. The van der Waals surface area contributed by atoms with Crippen LogP contribution in [0.5, 0.6) is 0 Å². The van der Waals surface area contributed by atoms with Crippen LogP contribution in [-0.4, -0.2) is 29.6 Å². The van der Waals surface area contributed by atoms with Gasteiger partial charge in [-0.1, -0.05) is 30.3 Å². The molecule has 0 heterocycles. The van der Waals surface area contributed by atoms with Crippen molar-refractivity contribution in [2.45, 2.75) is 28.0 Å². The summed E-state index contributed by atoms with van der Waals surface area (Å²) in [6.07, 6.45) is 2.99. The highest BCUT2D eigenvalue weighted by Gasteiger charge is 2.44. The second kappa shape index (κ2) is 5.98. The van der Waals surface area contributed by atoms with Gasteiger partial charge in [0.15, 0.2) is 9.84 Å². The quantitative estimate of drug-likeness (QED) is 0.850. The second-order valence-corrected chi connectivity index (χ2v) is 10.00. The number of sulfone groups is 1. The number of sulfonamides is 1. The van der Waals surface area contributed by atoms with E-state index in [-0.39, 0.29) is 15.2 Å². The van der Waals surface area contributed by atoms with Crippen LogP contribution in [0.25, 0.3) is 0 Å². The van der Waals surface area contributed by atoms with Gasteiger partial charge in [0.1, 0.15) is 0 Å². The zero-order valence-corrected chi connectivity index (χ0v) is 14.9. The van der Waals surface area contributed by atoms with Crippen LogP contribution in [0.4, 0.5) is 0 Å². The second-order valence-electron chi connectivity index (χ2n) is 6.21. The van der Waals surface area contributed by atoms with Crippen molar-refractivity contribution in [3.8, 4) is 0 Å². The lowest BCUT2D eigenvalue weighted by molar-refractivity contribution is 0.566. The number of hydrogen-bond donors (Lipinski definition) is 1. The average molecular weight is 365 g/mol. The topological polar surface area (TPSA) is 80.3 Å². The molecule has 2 aromatic carbocycles. The van der Waals surface area contributed by atoms with Gasteiger partial charge in [-0.2, -0.15) is 0 Å². The lowest BCUT2D eigenvalue weighted by atomic mass is 9.96. The van der Waals surface area contributed by atoms with Gasteiger partial charge in [-0.15, -0.1) is 0 Å². The van der Waals surface area contributed by atoms with E-state index in [2.05, 4.69) is 4.72 Å². The molecule has 0 spiro atoms. The summed E-state index contributed by atoms with van der Waals surface area (Å²) >= 11 is 0. The molecule has 0 unspecified atom stereocenters. The molecule has 2 aromatic rings. The van der Waals surface area contributed by atoms with Crippen molar-refractivity contribution in [3.05, 3.63) is 60.2 Å². The highest BCUT2D eigenvalue weighted by molar-refractivity contribution is 7.90. The van der Waals surface area contributed by atoms with Crippen LogP contribution in [0.15, 0.2) is 64.4 Å². The third-order valence-electron chi connectivity index (χ3n) is 4.40. The molecule has 1 N–H and O–H groups in total. The van der Waals surface area contributed by atoms with Crippen molar-refractivity contribution >= 4 is 19.9 Å². The van der Waals surface area contributed by atoms with E-state index in [0.717, 1.165) is 24.7 Å². The average Bonchev–Trinajstić information content (AvgIpc) is 3.35. The van der Waals surface area contributed by atoms with Gasteiger partial charge in [0, 0.05) is 18.2 Å². The summed E-state index contributed by atoms with van der Waals surface area (Å²) in [6.45, 7) is 0.340. The minimum Gasteiger partial charge on any atom is -0.224 e. The third-order valence-corrected chi connectivity index (χ3v) is 6.95. The van der Waals surface area contributed by atoms with Crippen molar-refractivity contribution in [1.29, 1.82) is 0 Å². The predicted octanol–water partition coefficient (Wildman–Crippen LogP) is 2.10. The van der Waals surface area contributed by atoms with E-state index in [1.165, 1.54) is 24.3 Å². The van der Waals surface area contributed by atoms with Crippen LogP contribution >= 0.6 is 0 Å². The van der Waals surface area contributed by atoms with E-state index < -0.39 is 19.9 Å². The van der Waals surface area contributed by atoms with Gasteiger partial charge in [0.2, 0.25) is 10.0 Å². The number of nitrogens with one attached hydrogen (secondary N) is 1. The first-order valence-electron chi connectivity index (χ1n) is 7.58. The minimum atomic E-state index is -3.67. The monoisotopic (exact) mass is 365 g/mol. The molecule has 0 saturated heterocycles. The Morgan fingerprint density at radius 2 is 1.42 bits per heavy atom. The summed E-state index contributed by atoms with van der Waals surface area (Å²) in [7, 11) is -7.01. The molecule has 24 heavy (non-hydrogen) atoms. The first kappa shape index (κ1) is 17.1. The summed E-state index contributed by atoms with van der Waals surface area (Å²) in [5.41, 5.74) is 1.02. The maximum Gasteiger partial charge on any atom is 0.240 e. The zero-order chi connectivity index (χ0) is 17.4. The molecule has 7 heteroatoms. The number of benzene rings is 2. The molecule has 1 aliphatic rings. The molecule has 1 fully saturated rings. The zero-order valence-electron chi connectivity index (χ0n) is 13.3. The predicted molar refractivity (Wildman–Crippen MR) is 92.1 cm³/mol. The normalized spacial score (nSPS) is 16.7. The van der Waals surface area contributed by atoms with Gasteiger partial charge in [-0.3, -0.25) is 0 Å². The van der Waals surface area contributed by atoms with Gasteiger partial charge in [0.25, 0.3) is 0 Å². The molecule has 5 nitrogen and oxygen atoms in total. The Morgan fingerprint density at radius 3 is 1.92 bits per heavy atom. The highest BCUT2D eigenvalue weighted by Crippen LogP contribution is 2.47. The van der Waals surface area contributed by atoms with Crippen molar-refractivity contribution < 1.29 is 16.8 Å². The first-order valence-corrected chi connectivity index (χ1v) is 11.0. The van der Waals surface area contributed by atoms with E-state index in [9.17, 15) is 16.8 Å². The molecule has 128 valence electrons. The van der Waals surface area contributed by atoms with Crippen molar-refractivity contribution in [3.63, 3.8) is 0 Å². The Labute approximate surface area is 142 Å². The molecule has 1 saturated carbocycles. The van der Waals surface area contributed by atoms with Crippen LogP contribution in [0.1, 0.15) is 18.4 Å². The summed E-state index contributed by atoms with van der Waals surface area (Å²) in [6, 6.07) is 15.1. The molecule has 0 aliphatic heterocycles. The van der Waals surface area contributed by atoms with Gasteiger partial charge in [0.05, 0.1) is 9.79 Å². The molecular weight excluding hydrogens is 346 g/mol. The molecule has 3 rings (SSSR count). The smallest absolute Gasteiger partial charge is 0.224 e. The van der Waals surface area contributed by atoms with Gasteiger partial charge in [-0.05, 0) is 42.7 Å². The summed E-state index contributed by atoms with van der Waals surface area (Å²) in [5.74, 6) is 0. The van der Waals surface area contributed by atoms with Crippen LogP contribution in [0.2, 0.25) is 0 Å². The largest absolute Gasteiger partial charge is 0.240 e. The molecule has 1 aliphatic carbocycles. The van der Waals surface area contributed by atoms with E-state index in [4.69, 9.17) is 0 Å². The SMILES string of the molecule is CS(=O)(=O)c1ccc(S(=O)(=O)NCC2(c3ccccc3)CC2)cc1. The minimum absolute atomic E-state index is 0.0683. The highest BCUT2D eigenvalue weighted by atomic mass is 32.2. The van der Waals surface area contributed by atoms with E-state index in [1.54, 1.807) is 0 Å². The van der Waals surface area contributed by atoms with Gasteiger partial charge >= 0.3 is 0 Å². The summed E-state index contributed by atoms with van der Waals surface area (Å²) < 4.78 is 50.4. The molecular formula is C17H19NO4S2. The fourth-order valence-corrected chi connectivity index (χ4v) is 4.45. The van der Waals surface area contributed by atoms with Crippen LogP contribution in [0.3, 0.4) is 0 Å². The van der Waals surface area contributed by atoms with Crippen molar-refractivity contribution in [2.75, 3.05) is 12.8 Å². The van der Waals surface area contributed by atoms with Crippen LogP contribution < -0.4 is 4.72 Å². The summed E-state index contributed by atoms with van der Waals surface area (Å²) in [4.78, 5) is 0.170. The molecule has 0 atom stereocenters. The van der Waals surface area contributed by atoms with Gasteiger partial charge in [-0.25, -0.2) is 21.6 Å². The molecule has 0 amide bonds. The lowest BCUT2D eigenvalue weighted by Crippen LogP contribution is -2.32. The van der Waals surface area contributed by atoms with E-state index in [1.807, 2.05) is 30.3 Å². The van der Waals surface area contributed by atoms with Crippen molar-refractivity contribution in [1.82, 2.24) is 4.72 Å².